The van der Waals surface area contributed by atoms with Crippen LogP contribution in [0.15, 0.2) is 71.9 Å². The molecule has 3 aromatic carbocycles. The number of carbonyl (C=O) groups is 2. The lowest BCUT2D eigenvalue weighted by Crippen LogP contribution is -2.23. The normalized spacial score (nSPS) is 10.9. The van der Waals surface area contributed by atoms with E-state index in [1.807, 2.05) is 47.0 Å². The number of Topliss-reactive ketones (excluding diaryl/α,β-unsaturated/α-hetero) is 1. The Labute approximate surface area is 199 Å². The average molecular weight is 476 g/mol. The minimum atomic E-state index is -0.525. The van der Waals surface area contributed by atoms with Crippen LogP contribution in [0.5, 0.6) is 0 Å². The van der Waals surface area contributed by atoms with Crippen LogP contribution in [-0.4, -0.2) is 43.7 Å². The number of thioether (sulfide) groups is 1. The first-order valence-electron chi connectivity index (χ1n) is 10.5. The summed E-state index contributed by atoms with van der Waals surface area (Å²) in [5.41, 5.74) is 1.00. The van der Waals surface area contributed by atoms with Crippen LogP contribution < -0.4 is 5.32 Å². The van der Waals surface area contributed by atoms with Crippen molar-refractivity contribution >= 4 is 39.9 Å². The summed E-state index contributed by atoms with van der Waals surface area (Å²) in [5, 5.41) is 25.0. The van der Waals surface area contributed by atoms with Gasteiger partial charge in [0.25, 0.3) is 5.69 Å². The highest BCUT2D eigenvalue weighted by Gasteiger charge is 2.19. The van der Waals surface area contributed by atoms with Gasteiger partial charge in [-0.05, 0) is 11.5 Å². The molecule has 0 unspecified atom stereocenters. The van der Waals surface area contributed by atoms with E-state index in [-0.39, 0.29) is 28.7 Å². The lowest BCUT2D eigenvalue weighted by Gasteiger charge is -2.13. The first-order chi connectivity index (χ1) is 16.4. The van der Waals surface area contributed by atoms with Crippen molar-refractivity contribution in [3.05, 3.63) is 88.2 Å². The predicted molar refractivity (Wildman–Crippen MR) is 129 cm³/mol. The van der Waals surface area contributed by atoms with Crippen LogP contribution in [-0.2, 0) is 11.2 Å². The van der Waals surface area contributed by atoms with Crippen molar-refractivity contribution in [1.29, 1.82) is 0 Å². The van der Waals surface area contributed by atoms with Gasteiger partial charge < -0.3 is 5.32 Å². The first kappa shape index (κ1) is 23.1. The van der Waals surface area contributed by atoms with Crippen molar-refractivity contribution in [3.63, 3.8) is 0 Å². The quantitative estimate of drug-likeness (QED) is 0.168. The van der Waals surface area contributed by atoms with Crippen LogP contribution in [0.3, 0.4) is 0 Å². The summed E-state index contributed by atoms with van der Waals surface area (Å²) in [4.78, 5) is 34.6. The van der Waals surface area contributed by atoms with Gasteiger partial charge in [-0.25, -0.2) is 0 Å². The van der Waals surface area contributed by atoms with Crippen molar-refractivity contribution < 1.29 is 14.5 Å². The molecular formula is C24H21N5O4S. The van der Waals surface area contributed by atoms with Crippen molar-refractivity contribution in [3.8, 4) is 5.69 Å². The number of aromatic nitrogens is 3. The van der Waals surface area contributed by atoms with E-state index in [2.05, 4.69) is 15.5 Å². The minimum absolute atomic E-state index is 0.0375. The number of nitrogens with one attached hydrogen (secondary N) is 1. The topological polar surface area (TPSA) is 120 Å². The molecule has 0 aliphatic heterocycles. The summed E-state index contributed by atoms with van der Waals surface area (Å²) in [5.74, 6) is 0.306. The molecule has 10 heteroatoms. The second-order valence-corrected chi connectivity index (χ2v) is 8.43. The number of hydrogen-bond acceptors (Lipinski definition) is 7. The Hall–Kier alpha value is -4.05. The molecule has 0 spiro atoms. The Balaban J connectivity index is 1.65. The third-order valence-electron chi connectivity index (χ3n) is 5.14. The van der Waals surface area contributed by atoms with Crippen LogP contribution in [0, 0.1) is 10.1 Å². The molecule has 1 aromatic heterocycles. The fourth-order valence-corrected chi connectivity index (χ4v) is 4.42. The molecule has 1 amide bonds. The molecule has 0 saturated heterocycles. The SMILES string of the molecule is CC(=O)NCCc1nnc(SCC(=O)c2cccc([N+](=O)[O-])c2)n1-c1cccc2ccccc12. The maximum absolute atomic E-state index is 12.8. The maximum atomic E-state index is 12.8. The van der Waals surface area contributed by atoms with Gasteiger partial charge in [0.1, 0.15) is 5.82 Å². The van der Waals surface area contributed by atoms with Crippen LogP contribution >= 0.6 is 11.8 Å². The number of carbonyl (C=O) groups excluding carboxylic acids is 2. The highest BCUT2D eigenvalue weighted by molar-refractivity contribution is 7.99. The predicted octanol–water partition coefficient (Wildman–Crippen LogP) is 3.98. The standard InChI is InChI=1S/C24H21N5O4S/c1-16(30)25-13-12-23-26-27-24(28(23)21-11-5-7-17-6-2-3-10-20(17)21)34-15-22(31)18-8-4-9-19(14-18)29(32)33/h2-11,14H,12-13,15H2,1H3,(H,25,30). The fourth-order valence-electron chi connectivity index (χ4n) is 3.56. The van der Waals surface area contributed by atoms with Crippen molar-refractivity contribution in [2.45, 2.75) is 18.5 Å². The summed E-state index contributed by atoms with van der Waals surface area (Å²) in [6.45, 7) is 1.85. The number of fused-ring (bicyclic) bond motifs is 1. The van der Waals surface area contributed by atoms with E-state index in [0.29, 0.717) is 23.9 Å². The molecule has 0 aliphatic rings. The van der Waals surface area contributed by atoms with Crippen molar-refractivity contribution in [1.82, 2.24) is 20.1 Å². The zero-order valence-corrected chi connectivity index (χ0v) is 19.1. The second kappa shape index (κ2) is 10.3. The smallest absolute Gasteiger partial charge is 0.270 e. The number of hydrogen-bond donors (Lipinski definition) is 1. The summed E-state index contributed by atoms with van der Waals surface area (Å²) >= 11 is 1.21. The van der Waals surface area contributed by atoms with Gasteiger partial charge in [0.2, 0.25) is 5.91 Å². The molecule has 1 N–H and O–H groups in total. The van der Waals surface area contributed by atoms with Crippen molar-refractivity contribution in [2.24, 2.45) is 0 Å². The summed E-state index contributed by atoms with van der Waals surface area (Å²) in [6.07, 6.45) is 0.454. The van der Waals surface area contributed by atoms with Gasteiger partial charge in [0.15, 0.2) is 10.9 Å². The molecule has 0 saturated carbocycles. The Morgan fingerprint density at radius 1 is 1.06 bits per heavy atom. The molecule has 0 bridgehead atoms. The molecule has 9 nitrogen and oxygen atoms in total. The molecule has 0 aliphatic carbocycles. The summed E-state index contributed by atoms with van der Waals surface area (Å²) in [7, 11) is 0. The van der Waals surface area contributed by atoms with Gasteiger partial charge in [0.05, 0.1) is 16.4 Å². The molecule has 0 atom stereocenters. The molecule has 4 rings (SSSR count). The molecule has 0 radical (unpaired) electrons. The maximum Gasteiger partial charge on any atom is 0.270 e. The fraction of sp³-hybridized carbons (Fsp3) is 0.167. The Morgan fingerprint density at radius 2 is 1.82 bits per heavy atom. The van der Waals surface area contributed by atoms with E-state index in [1.165, 1.54) is 36.9 Å². The number of nitro groups is 1. The number of nitro benzene ring substituents is 1. The second-order valence-electron chi connectivity index (χ2n) is 7.48. The largest absolute Gasteiger partial charge is 0.356 e. The highest BCUT2D eigenvalue weighted by Crippen LogP contribution is 2.28. The number of rotatable bonds is 9. The third-order valence-corrected chi connectivity index (χ3v) is 6.07. The van der Waals surface area contributed by atoms with Gasteiger partial charge in [0, 0.05) is 43.0 Å². The summed E-state index contributed by atoms with van der Waals surface area (Å²) < 4.78 is 1.90. The zero-order chi connectivity index (χ0) is 24.1. The number of nitrogens with zero attached hydrogens (tertiary/aromatic N) is 4. The van der Waals surface area contributed by atoms with Gasteiger partial charge in [-0.2, -0.15) is 0 Å². The molecule has 172 valence electrons. The first-order valence-corrected chi connectivity index (χ1v) is 11.5. The lowest BCUT2D eigenvalue weighted by molar-refractivity contribution is -0.384. The van der Waals surface area contributed by atoms with E-state index in [0.717, 1.165) is 16.5 Å². The number of non-ortho nitro benzene ring substituents is 1. The summed E-state index contributed by atoms with van der Waals surface area (Å²) in [6, 6.07) is 19.5. The zero-order valence-electron chi connectivity index (χ0n) is 18.3. The van der Waals surface area contributed by atoms with Gasteiger partial charge in [-0.1, -0.05) is 60.3 Å². The van der Waals surface area contributed by atoms with E-state index < -0.39 is 4.92 Å². The monoisotopic (exact) mass is 475 g/mol. The highest BCUT2D eigenvalue weighted by atomic mass is 32.2. The molecule has 0 fully saturated rings. The van der Waals surface area contributed by atoms with E-state index in [1.54, 1.807) is 6.07 Å². The Kier molecular flexibility index (Phi) is 6.98. The van der Waals surface area contributed by atoms with E-state index in [9.17, 15) is 19.7 Å². The molecule has 4 aromatic rings. The molecule has 1 heterocycles. The lowest BCUT2D eigenvalue weighted by atomic mass is 10.1. The number of benzene rings is 3. The van der Waals surface area contributed by atoms with Crippen LogP contribution in [0.25, 0.3) is 16.5 Å². The van der Waals surface area contributed by atoms with E-state index >= 15 is 0 Å². The average Bonchev–Trinajstić information content (AvgIpc) is 3.24. The molecular weight excluding hydrogens is 454 g/mol. The Bertz CT molecular complexity index is 1380. The van der Waals surface area contributed by atoms with Gasteiger partial charge >= 0.3 is 0 Å². The van der Waals surface area contributed by atoms with Gasteiger partial charge in [-0.3, -0.25) is 24.3 Å². The third kappa shape index (κ3) is 5.12. The van der Waals surface area contributed by atoms with Crippen LogP contribution in [0.4, 0.5) is 5.69 Å². The molecule has 34 heavy (non-hydrogen) atoms. The number of ketones is 1. The van der Waals surface area contributed by atoms with Gasteiger partial charge in [-0.15, -0.1) is 10.2 Å². The Morgan fingerprint density at radius 3 is 2.62 bits per heavy atom. The van der Waals surface area contributed by atoms with E-state index in [4.69, 9.17) is 0 Å². The van der Waals surface area contributed by atoms with Crippen LogP contribution in [0.1, 0.15) is 23.1 Å². The minimum Gasteiger partial charge on any atom is -0.356 e. The number of amides is 1. The van der Waals surface area contributed by atoms with Crippen molar-refractivity contribution in [2.75, 3.05) is 12.3 Å². The van der Waals surface area contributed by atoms with Crippen LogP contribution in [0.2, 0.25) is 0 Å².